The molecule has 0 aromatic heterocycles. The van der Waals surface area contributed by atoms with Gasteiger partial charge in [-0.1, -0.05) is 36.8 Å². The molecule has 0 saturated heterocycles. The summed E-state index contributed by atoms with van der Waals surface area (Å²) in [4.78, 5) is 26.7. The van der Waals surface area contributed by atoms with E-state index in [2.05, 4.69) is 10.8 Å². The van der Waals surface area contributed by atoms with E-state index in [9.17, 15) is 9.59 Å². The highest BCUT2D eigenvalue weighted by molar-refractivity contribution is 5.74. The van der Waals surface area contributed by atoms with Gasteiger partial charge in [0.05, 0.1) is 6.61 Å². The van der Waals surface area contributed by atoms with Crippen LogP contribution in [0.5, 0.6) is 0 Å². The van der Waals surface area contributed by atoms with Gasteiger partial charge >= 0.3 is 6.09 Å². The molecule has 0 aliphatic heterocycles. The van der Waals surface area contributed by atoms with Gasteiger partial charge in [-0.05, 0) is 18.4 Å². The molecule has 20 heavy (non-hydrogen) atoms. The molecular formula is C14H20N2O4. The molecule has 1 rings (SSSR count). The van der Waals surface area contributed by atoms with Crippen LogP contribution >= 0.6 is 0 Å². The lowest BCUT2D eigenvalue weighted by Gasteiger charge is -2.06. The van der Waals surface area contributed by atoms with Gasteiger partial charge in [0.25, 0.3) is 0 Å². The molecule has 6 heteroatoms. The average Bonchev–Trinajstić information content (AvgIpc) is 2.43. The van der Waals surface area contributed by atoms with Crippen LogP contribution in [0, 0.1) is 0 Å². The largest absolute Gasteiger partial charge is 0.465 e. The minimum atomic E-state index is -1.02. The minimum Gasteiger partial charge on any atom is -0.465 e. The zero-order valence-electron chi connectivity index (χ0n) is 11.3. The summed E-state index contributed by atoms with van der Waals surface area (Å²) in [5, 5.41) is 10.6. The molecule has 0 bridgehead atoms. The summed E-state index contributed by atoms with van der Waals surface area (Å²) < 4.78 is 0. The highest BCUT2D eigenvalue weighted by Crippen LogP contribution is 2.01. The van der Waals surface area contributed by atoms with E-state index in [-0.39, 0.29) is 5.91 Å². The Hall–Kier alpha value is -2.08. The van der Waals surface area contributed by atoms with Crippen molar-refractivity contribution in [3.05, 3.63) is 35.9 Å². The van der Waals surface area contributed by atoms with Gasteiger partial charge < -0.3 is 10.4 Å². The standard InChI is InChI=1S/C14H20N2O4/c17-13(9-5-2-6-10-15-14(18)19)16-20-11-12-7-3-1-4-8-12/h1,3-4,7-8,15H,2,5-6,9-11H2,(H,16,17)(H,18,19). The predicted octanol–water partition coefficient (Wildman–Crippen LogP) is 2.06. The van der Waals surface area contributed by atoms with Crippen molar-refractivity contribution >= 4 is 12.0 Å². The Bertz CT molecular complexity index is 409. The Morgan fingerprint density at radius 1 is 1.10 bits per heavy atom. The number of carbonyl (C=O) groups excluding carboxylic acids is 1. The number of hydroxylamine groups is 1. The van der Waals surface area contributed by atoms with Crippen LogP contribution < -0.4 is 10.8 Å². The van der Waals surface area contributed by atoms with Crippen LogP contribution in [0.4, 0.5) is 4.79 Å². The van der Waals surface area contributed by atoms with Crippen LogP contribution in [-0.2, 0) is 16.2 Å². The van der Waals surface area contributed by atoms with Crippen molar-refractivity contribution in [2.75, 3.05) is 6.54 Å². The molecule has 0 unspecified atom stereocenters. The van der Waals surface area contributed by atoms with E-state index in [1.807, 2.05) is 30.3 Å². The lowest BCUT2D eigenvalue weighted by molar-refractivity contribution is -0.134. The number of hydrogen-bond acceptors (Lipinski definition) is 3. The van der Waals surface area contributed by atoms with Gasteiger partial charge in [0.2, 0.25) is 5.91 Å². The van der Waals surface area contributed by atoms with Crippen molar-refractivity contribution < 1.29 is 19.5 Å². The maximum atomic E-state index is 11.4. The van der Waals surface area contributed by atoms with Crippen molar-refractivity contribution in [3.63, 3.8) is 0 Å². The van der Waals surface area contributed by atoms with Gasteiger partial charge in [0.1, 0.15) is 0 Å². The zero-order chi connectivity index (χ0) is 14.6. The summed E-state index contributed by atoms with van der Waals surface area (Å²) >= 11 is 0. The number of nitrogens with one attached hydrogen (secondary N) is 2. The number of carbonyl (C=O) groups is 2. The quantitative estimate of drug-likeness (QED) is 0.477. The highest BCUT2D eigenvalue weighted by atomic mass is 16.6. The van der Waals surface area contributed by atoms with Crippen molar-refractivity contribution in [2.45, 2.75) is 32.3 Å². The molecule has 0 aliphatic carbocycles. The molecule has 1 aromatic rings. The second-order valence-corrected chi connectivity index (χ2v) is 4.34. The Labute approximate surface area is 118 Å². The number of rotatable bonds is 9. The van der Waals surface area contributed by atoms with E-state index >= 15 is 0 Å². The number of carboxylic acid groups (broad SMARTS) is 1. The van der Waals surface area contributed by atoms with Crippen LogP contribution in [0.15, 0.2) is 30.3 Å². The summed E-state index contributed by atoms with van der Waals surface area (Å²) in [6, 6.07) is 9.57. The van der Waals surface area contributed by atoms with Gasteiger partial charge in [-0.25, -0.2) is 10.3 Å². The van der Waals surface area contributed by atoms with Crippen molar-refractivity contribution in [1.82, 2.24) is 10.8 Å². The average molecular weight is 280 g/mol. The third kappa shape index (κ3) is 8.10. The van der Waals surface area contributed by atoms with Crippen molar-refractivity contribution in [1.29, 1.82) is 0 Å². The predicted molar refractivity (Wildman–Crippen MR) is 73.9 cm³/mol. The Morgan fingerprint density at radius 2 is 1.85 bits per heavy atom. The number of unbranched alkanes of at least 4 members (excludes halogenated alkanes) is 2. The third-order valence-corrected chi connectivity index (χ3v) is 2.62. The first-order chi connectivity index (χ1) is 9.68. The first-order valence-electron chi connectivity index (χ1n) is 6.60. The maximum Gasteiger partial charge on any atom is 0.404 e. The fourth-order valence-electron chi connectivity index (χ4n) is 1.61. The molecule has 6 nitrogen and oxygen atoms in total. The topological polar surface area (TPSA) is 87.7 Å². The Morgan fingerprint density at radius 3 is 2.55 bits per heavy atom. The number of amides is 2. The van der Waals surface area contributed by atoms with Crippen molar-refractivity contribution in [2.24, 2.45) is 0 Å². The van der Waals surface area contributed by atoms with Crippen LogP contribution in [0.25, 0.3) is 0 Å². The highest BCUT2D eigenvalue weighted by Gasteiger charge is 2.01. The molecule has 0 saturated carbocycles. The van der Waals surface area contributed by atoms with E-state index in [1.54, 1.807) is 0 Å². The summed E-state index contributed by atoms with van der Waals surface area (Å²) in [5.74, 6) is -0.160. The number of hydrogen-bond donors (Lipinski definition) is 3. The summed E-state index contributed by atoms with van der Waals surface area (Å²) in [5.41, 5.74) is 3.38. The molecule has 0 aliphatic rings. The van der Waals surface area contributed by atoms with Crippen LogP contribution in [-0.4, -0.2) is 23.7 Å². The van der Waals surface area contributed by atoms with Gasteiger partial charge in [0, 0.05) is 13.0 Å². The first-order valence-corrected chi connectivity index (χ1v) is 6.60. The molecule has 0 spiro atoms. The maximum absolute atomic E-state index is 11.4. The molecule has 110 valence electrons. The second-order valence-electron chi connectivity index (χ2n) is 4.34. The fraction of sp³-hybridized carbons (Fsp3) is 0.429. The monoisotopic (exact) mass is 280 g/mol. The summed E-state index contributed by atoms with van der Waals surface area (Å²) in [7, 11) is 0. The molecule has 3 N–H and O–H groups in total. The van der Waals surface area contributed by atoms with Crippen molar-refractivity contribution in [3.8, 4) is 0 Å². The Balaban J connectivity index is 1.97. The second kappa shape index (κ2) is 9.80. The van der Waals surface area contributed by atoms with E-state index in [0.29, 0.717) is 26.0 Å². The van der Waals surface area contributed by atoms with E-state index in [1.165, 1.54) is 0 Å². The van der Waals surface area contributed by atoms with Gasteiger partial charge in [-0.15, -0.1) is 0 Å². The summed E-state index contributed by atoms with van der Waals surface area (Å²) in [6.45, 7) is 0.760. The normalized spacial score (nSPS) is 10.0. The molecule has 0 fully saturated rings. The molecular weight excluding hydrogens is 260 g/mol. The molecule has 1 aromatic carbocycles. The molecule has 0 radical (unpaired) electrons. The zero-order valence-corrected chi connectivity index (χ0v) is 11.3. The lowest BCUT2D eigenvalue weighted by Crippen LogP contribution is -2.23. The first kappa shape index (κ1) is 16.0. The van der Waals surface area contributed by atoms with Crippen LogP contribution in [0.3, 0.4) is 0 Å². The third-order valence-electron chi connectivity index (χ3n) is 2.62. The summed E-state index contributed by atoms with van der Waals surface area (Å²) in [6.07, 6.45) is 1.60. The SMILES string of the molecule is O=C(O)NCCCCCC(=O)NOCc1ccccc1. The van der Waals surface area contributed by atoms with Gasteiger partial charge in [0.15, 0.2) is 0 Å². The van der Waals surface area contributed by atoms with E-state index in [0.717, 1.165) is 18.4 Å². The van der Waals surface area contributed by atoms with Crippen LogP contribution in [0.1, 0.15) is 31.2 Å². The Kier molecular flexibility index (Phi) is 7.83. The smallest absolute Gasteiger partial charge is 0.404 e. The minimum absolute atomic E-state index is 0.160. The van der Waals surface area contributed by atoms with Gasteiger partial charge in [-0.2, -0.15) is 0 Å². The number of benzene rings is 1. The molecule has 0 heterocycles. The van der Waals surface area contributed by atoms with Gasteiger partial charge in [-0.3, -0.25) is 9.63 Å². The van der Waals surface area contributed by atoms with Crippen LogP contribution in [0.2, 0.25) is 0 Å². The molecule has 2 amide bonds. The lowest BCUT2D eigenvalue weighted by atomic mass is 10.2. The van der Waals surface area contributed by atoms with E-state index < -0.39 is 6.09 Å². The fourth-order valence-corrected chi connectivity index (χ4v) is 1.61. The molecule has 0 atom stereocenters. The van der Waals surface area contributed by atoms with E-state index in [4.69, 9.17) is 9.94 Å².